The molecule has 0 saturated carbocycles. The van der Waals surface area contributed by atoms with Crippen LogP contribution in [0.5, 0.6) is 0 Å². The Morgan fingerprint density at radius 2 is 2.00 bits per heavy atom. The maximum atomic E-state index is 11.9. The number of nitrogens with one attached hydrogen (secondary N) is 1. The fourth-order valence-corrected chi connectivity index (χ4v) is 2.52. The van der Waals surface area contributed by atoms with Gasteiger partial charge >= 0.3 is 0 Å². The van der Waals surface area contributed by atoms with Crippen molar-refractivity contribution in [1.29, 1.82) is 0 Å². The summed E-state index contributed by atoms with van der Waals surface area (Å²) in [7, 11) is 0. The minimum absolute atomic E-state index is 0.108. The molecule has 1 amide bonds. The number of aromatic nitrogens is 1. The van der Waals surface area contributed by atoms with Crippen LogP contribution in [0, 0.1) is 0 Å². The van der Waals surface area contributed by atoms with Crippen molar-refractivity contribution in [3.05, 3.63) is 65.9 Å². The Morgan fingerprint density at radius 3 is 2.79 bits per heavy atom. The van der Waals surface area contributed by atoms with E-state index < -0.39 is 0 Å². The first kappa shape index (κ1) is 16.2. The first-order chi connectivity index (χ1) is 11.8. The zero-order chi connectivity index (χ0) is 16.6. The summed E-state index contributed by atoms with van der Waals surface area (Å²) >= 11 is 0. The van der Waals surface area contributed by atoms with Crippen molar-refractivity contribution in [3.63, 3.8) is 0 Å². The maximum absolute atomic E-state index is 11.9. The summed E-state index contributed by atoms with van der Waals surface area (Å²) in [5.74, 6) is 0.827. The standard InChI is InChI=1S/C19H21N3O2/c23-19(7-6-16-4-2-1-3-5-16)21-15-17-8-9-20-18(14-17)22-10-12-24-13-11-22/h1-9,14H,10-13,15H2,(H,21,23)/b7-6+. The van der Waals surface area contributed by atoms with Crippen LogP contribution in [0.25, 0.3) is 6.08 Å². The number of hydrogen-bond acceptors (Lipinski definition) is 4. The molecular formula is C19H21N3O2. The largest absolute Gasteiger partial charge is 0.378 e. The first-order valence-corrected chi connectivity index (χ1v) is 8.10. The summed E-state index contributed by atoms with van der Waals surface area (Å²) in [6, 6.07) is 13.7. The van der Waals surface area contributed by atoms with Gasteiger partial charge in [-0.2, -0.15) is 0 Å². The molecule has 1 aliphatic heterocycles. The number of benzene rings is 1. The third kappa shape index (κ3) is 4.67. The maximum Gasteiger partial charge on any atom is 0.244 e. The van der Waals surface area contributed by atoms with E-state index in [1.54, 1.807) is 18.3 Å². The van der Waals surface area contributed by atoms with E-state index in [0.29, 0.717) is 6.54 Å². The van der Waals surface area contributed by atoms with Crippen LogP contribution in [0.2, 0.25) is 0 Å². The highest BCUT2D eigenvalue weighted by atomic mass is 16.5. The fourth-order valence-electron chi connectivity index (χ4n) is 2.52. The van der Waals surface area contributed by atoms with Gasteiger partial charge in [0.2, 0.25) is 5.91 Å². The molecule has 1 aromatic carbocycles. The number of anilines is 1. The van der Waals surface area contributed by atoms with Crippen LogP contribution >= 0.6 is 0 Å². The van der Waals surface area contributed by atoms with Gasteiger partial charge in [0.1, 0.15) is 5.82 Å². The number of carbonyl (C=O) groups is 1. The zero-order valence-electron chi connectivity index (χ0n) is 13.5. The van der Waals surface area contributed by atoms with E-state index in [4.69, 9.17) is 4.74 Å². The molecule has 5 nitrogen and oxygen atoms in total. The summed E-state index contributed by atoms with van der Waals surface area (Å²) in [4.78, 5) is 18.5. The highest BCUT2D eigenvalue weighted by molar-refractivity contribution is 5.91. The van der Waals surface area contributed by atoms with Crippen LogP contribution in [0.15, 0.2) is 54.7 Å². The Hall–Kier alpha value is -2.66. The Bertz CT molecular complexity index is 695. The van der Waals surface area contributed by atoms with E-state index in [0.717, 1.165) is 43.2 Å². The number of hydrogen-bond donors (Lipinski definition) is 1. The number of ether oxygens (including phenoxy) is 1. The monoisotopic (exact) mass is 323 g/mol. The van der Waals surface area contributed by atoms with Crippen molar-refractivity contribution >= 4 is 17.8 Å². The Labute approximate surface area is 142 Å². The third-order valence-electron chi connectivity index (χ3n) is 3.84. The van der Waals surface area contributed by atoms with E-state index in [1.165, 1.54) is 0 Å². The van der Waals surface area contributed by atoms with Gasteiger partial charge in [0, 0.05) is 31.9 Å². The van der Waals surface area contributed by atoms with Crippen LogP contribution in [-0.4, -0.2) is 37.2 Å². The lowest BCUT2D eigenvalue weighted by molar-refractivity contribution is -0.116. The van der Waals surface area contributed by atoms with Crippen LogP contribution in [0.3, 0.4) is 0 Å². The second-order valence-corrected chi connectivity index (χ2v) is 5.58. The van der Waals surface area contributed by atoms with Gasteiger partial charge in [-0.25, -0.2) is 4.98 Å². The molecule has 1 aliphatic rings. The summed E-state index contributed by atoms with van der Waals surface area (Å²) in [6.07, 6.45) is 5.15. The Kier molecular flexibility index (Phi) is 5.58. The van der Waals surface area contributed by atoms with Crippen molar-refractivity contribution in [3.8, 4) is 0 Å². The lowest BCUT2D eigenvalue weighted by atomic mass is 10.2. The second kappa shape index (κ2) is 8.26. The molecule has 124 valence electrons. The quantitative estimate of drug-likeness (QED) is 0.858. The molecule has 3 rings (SSSR count). The smallest absolute Gasteiger partial charge is 0.244 e. The number of nitrogens with zero attached hydrogens (tertiary/aromatic N) is 2. The van der Waals surface area contributed by atoms with E-state index in [-0.39, 0.29) is 5.91 Å². The summed E-state index contributed by atoms with van der Waals surface area (Å²) in [5, 5.41) is 2.90. The average molecular weight is 323 g/mol. The first-order valence-electron chi connectivity index (χ1n) is 8.10. The summed E-state index contributed by atoms with van der Waals surface area (Å²) in [5.41, 5.74) is 2.04. The topological polar surface area (TPSA) is 54.5 Å². The molecule has 24 heavy (non-hydrogen) atoms. The normalized spacial score (nSPS) is 14.8. The van der Waals surface area contributed by atoms with E-state index in [9.17, 15) is 4.79 Å². The molecule has 0 atom stereocenters. The van der Waals surface area contributed by atoms with E-state index >= 15 is 0 Å². The van der Waals surface area contributed by atoms with Crippen molar-refractivity contribution in [2.75, 3.05) is 31.2 Å². The number of amides is 1. The molecule has 1 N–H and O–H groups in total. The average Bonchev–Trinajstić information content (AvgIpc) is 2.66. The number of carbonyl (C=O) groups excluding carboxylic acids is 1. The van der Waals surface area contributed by atoms with E-state index in [1.807, 2.05) is 42.5 Å². The molecule has 5 heteroatoms. The Balaban J connectivity index is 1.54. The molecule has 1 saturated heterocycles. The van der Waals surface area contributed by atoms with E-state index in [2.05, 4.69) is 15.2 Å². The molecule has 1 fully saturated rings. The van der Waals surface area contributed by atoms with Crippen molar-refractivity contribution < 1.29 is 9.53 Å². The van der Waals surface area contributed by atoms with Gasteiger partial charge in [-0.05, 0) is 29.3 Å². The Morgan fingerprint density at radius 1 is 1.21 bits per heavy atom. The van der Waals surface area contributed by atoms with Gasteiger partial charge in [-0.1, -0.05) is 30.3 Å². The minimum atomic E-state index is -0.108. The highest BCUT2D eigenvalue weighted by Gasteiger charge is 2.12. The molecule has 0 radical (unpaired) electrons. The predicted octanol–water partition coefficient (Wildman–Crippen LogP) is 2.25. The molecule has 0 bridgehead atoms. The van der Waals surface area contributed by atoms with Gasteiger partial charge in [0.15, 0.2) is 0 Å². The molecule has 0 unspecified atom stereocenters. The van der Waals surface area contributed by atoms with Crippen molar-refractivity contribution in [1.82, 2.24) is 10.3 Å². The van der Waals surface area contributed by atoms with Crippen molar-refractivity contribution in [2.24, 2.45) is 0 Å². The van der Waals surface area contributed by atoms with Gasteiger partial charge in [-0.3, -0.25) is 4.79 Å². The second-order valence-electron chi connectivity index (χ2n) is 5.58. The molecule has 0 aliphatic carbocycles. The molecule has 2 heterocycles. The van der Waals surface area contributed by atoms with Crippen LogP contribution < -0.4 is 10.2 Å². The van der Waals surface area contributed by atoms with Gasteiger partial charge in [0.05, 0.1) is 13.2 Å². The summed E-state index contributed by atoms with van der Waals surface area (Å²) < 4.78 is 5.36. The summed E-state index contributed by atoms with van der Waals surface area (Å²) in [6.45, 7) is 3.64. The zero-order valence-corrected chi connectivity index (χ0v) is 13.5. The molecular weight excluding hydrogens is 302 g/mol. The van der Waals surface area contributed by atoms with Gasteiger partial charge in [-0.15, -0.1) is 0 Å². The lowest BCUT2D eigenvalue weighted by Gasteiger charge is -2.28. The molecule has 0 spiro atoms. The SMILES string of the molecule is O=C(/C=C/c1ccccc1)NCc1ccnc(N2CCOCC2)c1. The molecule has 1 aromatic heterocycles. The number of pyridine rings is 1. The van der Waals surface area contributed by atoms with Crippen molar-refractivity contribution in [2.45, 2.75) is 6.54 Å². The third-order valence-corrected chi connectivity index (χ3v) is 3.84. The highest BCUT2D eigenvalue weighted by Crippen LogP contribution is 2.14. The minimum Gasteiger partial charge on any atom is -0.378 e. The van der Waals surface area contributed by atoms with Gasteiger partial charge in [0.25, 0.3) is 0 Å². The lowest BCUT2D eigenvalue weighted by Crippen LogP contribution is -2.36. The van der Waals surface area contributed by atoms with Crippen LogP contribution in [0.1, 0.15) is 11.1 Å². The number of rotatable bonds is 5. The van der Waals surface area contributed by atoms with Gasteiger partial charge < -0.3 is 15.0 Å². The number of morpholine rings is 1. The predicted molar refractivity (Wildman–Crippen MR) is 94.6 cm³/mol. The van der Waals surface area contributed by atoms with Crippen LogP contribution in [0.4, 0.5) is 5.82 Å². The molecule has 2 aromatic rings. The van der Waals surface area contributed by atoms with Crippen LogP contribution in [-0.2, 0) is 16.1 Å². The fraction of sp³-hybridized carbons (Fsp3) is 0.263.